The van der Waals surface area contributed by atoms with Crippen molar-refractivity contribution in [3.8, 4) is 6.07 Å². The quantitative estimate of drug-likeness (QED) is 0.343. The average Bonchev–Trinajstić information content (AvgIpc) is 3.02. The highest BCUT2D eigenvalue weighted by Gasteiger charge is 2.15. The number of benzene rings is 1. The Kier molecular flexibility index (Phi) is 9.21. The Morgan fingerprint density at radius 1 is 1.25 bits per heavy atom. The highest BCUT2D eigenvalue weighted by atomic mass is 19.1. The number of aromatic nitrogens is 1. The zero-order valence-electron chi connectivity index (χ0n) is 19.1. The number of nitrogens with zero attached hydrogens (tertiary/aromatic N) is 2. The van der Waals surface area contributed by atoms with Crippen LogP contribution in [0.5, 0.6) is 0 Å². The van der Waals surface area contributed by atoms with Gasteiger partial charge in [-0.25, -0.2) is 9.18 Å². The summed E-state index contributed by atoms with van der Waals surface area (Å²) in [6.45, 7) is 8.99. The number of aryl methyl sites for hydroxylation is 1. The normalized spacial score (nSPS) is 11.3. The molecular formula is C25H30FN3O3. The van der Waals surface area contributed by atoms with Crippen LogP contribution in [-0.2, 0) is 27.3 Å². The fourth-order valence-corrected chi connectivity index (χ4v) is 3.25. The van der Waals surface area contributed by atoms with Gasteiger partial charge >= 0.3 is 5.97 Å². The van der Waals surface area contributed by atoms with Crippen LogP contribution in [-0.4, -0.2) is 29.6 Å². The van der Waals surface area contributed by atoms with Gasteiger partial charge in [0, 0.05) is 24.5 Å². The van der Waals surface area contributed by atoms with E-state index in [1.54, 1.807) is 12.1 Å². The summed E-state index contributed by atoms with van der Waals surface area (Å²) in [7, 11) is 0. The maximum Gasteiger partial charge on any atom is 0.349 e. The number of esters is 1. The summed E-state index contributed by atoms with van der Waals surface area (Å²) < 4.78 is 20.1. The number of nitriles is 1. The van der Waals surface area contributed by atoms with E-state index in [0.29, 0.717) is 18.9 Å². The predicted octanol–water partition coefficient (Wildman–Crippen LogP) is 4.10. The number of amides is 1. The van der Waals surface area contributed by atoms with Gasteiger partial charge in [-0.05, 0) is 68.0 Å². The van der Waals surface area contributed by atoms with Crippen LogP contribution in [0.1, 0.15) is 42.8 Å². The maximum atomic E-state index is 12.9. The second-order valence-corrected chi connectivity index (χ2v) is 8.13. The molecule has 0 bridgehead atoms. The van der Waals surface area contributed by atoms with Crippen molar-refractivity contribution in [1.82, 2.24) is 9.88 Å². The van der Waals surface area contributed by atoms with Crippen molar-refractivity contribution in [1.29, 1.82) is 5.26 Å². The molecule has 1 heterocycles. The lowest BCUT2D eigenvalue weighted by Crippen LogP contribution is -2.30. The summed E-state index contributed by atoms with van der Waals surface area (Å²) >= 11 is 0. The Bertz CT molecular complexity index is 1010. The number of hydrogen-bond acceptors (Lipinski definition) is 4. The van der Waals surface area contributed by atoms with E-state index >= 15 is 0 Å². The topological polar surface area (TPSA) is 84.1 Å². The minimum absolute atomic E-state index is 0.159. The fourth-order valence-electron chi connectivity index (χ4n) is 3.25. The summed E-state index contributed by atoms with van der Waals surface area (Å²) in [5.74, 6) is -1.05. The third-order valence-electron chi connectivity index (χ3n) is 5.17. The highest BCUT2D eigenvalue weighted by Crippen LogP contribution is 2.20. The van der Waals surface area contributed by atoms with Gasteiger partial charge in [-0.15, -0.1) is 0 Å². The molecule has 0 spiro atoms. The van der Waals surface area contributed by atoms with E-state index in [1.807, 2.05) is 26.0 Å². The summed E-state index contributed by atoms with van der Waals surface area (Å²) in [5.41, 5.74) is 3.53. The molecule has 0 saturated carbocycles. The summed E-state index contributed by atoms with van der Waals surface area (Å²) in [4.78, 5) is 24.2. The summed E-state index contributed by atoms with van der Waals surface area (Å²) in [6, 6.07) is 9.80. The largest absolute Gasteiger partial charge is 0.451 e. The van der Waals surface area contributed by atoms with Crippen LogP contribution >= 0.6 is 0 Å². The van der Waals surface area contributed by atoms with E-state index in [1.165, 1.54) is 18.2 Å². The molecule has 1 aromatic carbocycles. The van der Waals surface area contributed by atoms with E-state index < -0.39 is 18.5 Å². The van der Waals surface area contributed by atoms with Gasteiger partial charge in [0.05, 0.1) is 0 Å². The van der Waals surface area contributed by atoms with Crippen molar-refractivity contribution < 1.29 is 18.7 Å². The third-order valence-corrected chi connectivity index (χ3v) is 5.17. The van der Waals surface area contributed by atoms with Gasteiger partial charge in [0.25, 0.3) is 5.91 Å². The van der Waals surface area contributed by atoms with Crippen molar-refractivity contribution >= 4 is 18.0 Å². The van der Waals surface area contributed by atoms with Crippen LogP contribution in [0.15, 0.2) is 35.9 Å². The SMILES string of the molecule is Cc1cc(/C=C(\C#N)C(=O)OCC(=O)NCCc2ccc(F)cc2)c(C)n1CCC(C)C. The zero-order chi connectivity index (χ0) is 23.7. The summed E-state index contributed by atoms with van der Waals surface area (Å²) in [5, 5.41) is 12.0. The molecule has 0 saturated heterocycles. The van der Waals surface area contributed by atoms with Crippen LogP contribution in [0.25, 0.3) is 6.08 Å². The van der Waals surface area contributed by atoms with Gasteiger partial charge in [-0.2, -0.15) is 5.26 Å². The third kappa shape index (κ3) is 7.38. The maximum absolute atomic E-state index is 12.9. The molecule has 1 N–H and O–H groups in total. The first-order chi connectivity index (χ1) is 15.2. The van der Waals surface area contributed by atoms with Crippen LogP contribution in [0.2, 0.25) is 0 Å². The lowest BCUT2D eigenvalue weighted by atomic mass is 10.1. The van der Waals surface area contributed by atoms with Gasteiger partial charge < -0.3 is 14.6 Å². The lowest BCUT2D eigenvalue weighted by Gasteiger charge is -2.11. The van der Waals surface area contributed by atoms with Gasteiger partial charge in [-0.1, -0.05) is 26.0 Å². The predicted molar refractivity (Wildman–Crippen MR) is 121 cm³/mol. The van der Waals surface area contributed by atoms with E-state index in [4.69, 9.17) is 4.74 Å². The van der Waals surface area contributed by atoms with E-state index in [2.05, 4.69) is 23.7 Å². The standard InChI is InChI=1S/C25H30FN3O3/c1-17(2)10-12-29-18(3)13-21(19(29)4)14-22(15-27)25(31)32-16-24(30)28-11-9-20-5-7-23(26)8-6-20/h5-8,13-14,17H,9-12,16H2,1-4H3,(H,28,30)/b22-14+. The van der Waals surface area contributed by atoms with Crippen molar-refractivity contribution in [2.75, 3.05) is 13.2 Å². The molecular weight excluding hydrogens is 409 g/mol. The van der Waals surface area contributed by atoms with Gasteiger partial charge in [-0.3, -0.25) is 4.79 Å². The molecule has 6 nitrogen and oxygen atoms in total. The Morgan fingerprint density at radius 2 is 1.94 bits per heavy atom. The molecule has 0 aliphatic rings. The lowest BCUT2D eigenvalue weighted by molar-refractivity contribution is -0.144. The average molecular weight is 440 g/mol. The molecule has 1 aromatic heterocycles. The zero-order valence-corrected chi connectivity index (χ0v) is 19.1. The molecule has 0 atom stereocenters. The molecule has 7 heteroatoms. The molecule has 0 unspecified atom stereocenters. The van der Waals surface area contributed by atoms with Crippen molar-refractivity contribution in [2.45, 2.75) is 47.1 Å². The van der Waals surface area contributed by atoms with Crippen LogP contribution in [0.4, 0.5) is 4.39 Å². The Labute approximate surface area is 188 Å². The number of rotatable bonds is 10. The molecule has 170 valence electrons. The molecule has 0 radical (unpaired) electrons. The monoisotopic (exact) mass is 439 g/mol. The molecule has 2 rings (SSSR count). The molecule has 2 aromatic rings. The van der Waals surface area contributed by atoms with E-state index in [0.717, 1.165) is 35.5 Å². The summed E-state index contributed by atoms with van der Waals surface area (Å²) in [6.07, 6.45) is 3.06. The minimum Gasteiger partial charge on any atom is -0.451 e. The van der Waals surface area contributed by atoms with Crippen LogP contribution in [0, 0.1) is 36.9 Å². The smallest absolute Gasteiger partial charge is 0.349 e. The Morgan fingerprint density at radius 3 is 2.56 bits per heavy atom. The fraction of sp³-hybridized carbons (Fsp3) is 0.400. The molecule has 32 heavy (non-hydrogen) atoms. The van der Waals surface area contributed by atoms with Gasteiger partial charge in [0.2, 0.25) is 0 Å². The first-order valence-electron chi connectivity index (χ1n) is 10.7. The number of nitrogens with one attached hydrogen (secondary N) is 1. The van der Waals surface area contributed by atoms with Gasteiger partial charge in [0.1, 0.15) is 17.5 Å². The second-order valence-electron chi connectivity index (χ2n) is 8.13. The number of hydrogen-bond donors (Lipinski definition) is 1. The van der Waals surface area contributed by atoms with Crippen molar-refractivity contribution in [2.24, 2.45) is 5.92 Å². The molecule has 1 amide bonds. The van der Waals surface area contributed by atoms with Crippen molar-refractivity contribution in [3.63, 3.8) is 0 Å². The number of carbonyl (C=O) groups excluding carboxylic acids is 2. The minimum atomic E-state index is -0.840. The Balaban J connectivity index is 1.90. The first kappa shape index (κ1) is 24.9. The van der Waals surface area contributed by atoms with Crippen LogP contribution < -0.4 is 5.32 Å². The molecule has 0 aliphatic carbocycles. The van der Waals surface area contributed by atoms with Gasteiger partial charge in [0.15, 0.2) is 6.61 Å². The second kappa shape index (κ2) is 11.8. The van der Waals surface area contributed by atoms with Crippen LogP contribution in [0.3, 0.4) is 0 Å². The Hall–Kier alpha value is -3.40. The first-order valence-corrected chi connectivity index (χ1v) is 10.7. The molecule has 0 aliphatic heterocycles. The molecule has 0 fully saturated rings. The van der Waals surface area contributed by atoms with E-state index in [-0.39, 0.29) is 11.4 Å². The highest BCUT2D eigenvalue weighted by molar-refractivity contribution is 5.99. The van der Waals surface area contributed by atoms with Crippen molar-refractivity contribution in [3.05, 3.63) is 64.2 Å². The number of carbonyl (C=O) groups is 2. The van der Waals surface area contributed by atoms with E-state index in [9.17, 15) is 19.2 Å². The number of halogens is 1. The number of ether oxygens (including phenoxy) is 1.